The average molecular weight is 231 g/mol. The molecule has 2 atom stereocenters. The van der Waals surface area contributed by atoms with Gasteiger partial charge in [0.25, 0.3) is 0 Å². The lowest BCUT2D eigenvalue weighted by molar-refractivity contribution is -0.136. The van der Waals surface area contributed by atoms with E-state index in [2.05, 4.69) is 0 Å². The molecule has 1 amide bonds. The highest BCUT2D eigenvalue weighted by Gasteiger charge is 2.25. The molecule has 1 N–H and O–H groups in total. The van der Waals surface area contributed by atoms with E-state index >= 15 is 0 Å². The number of piperidine rings is 1. The minimum Gasteiger partial charge on any atom is -0.396 e. The van der Waals surface area contributed by atoms with Crippen molar-refractivity contribution in [3.63, 3.8) is 0 Å². The van der Waals surface area contributed by atoms with Crippen LogP contribution in [0.15, 0.2) is 0 Å². The standard InChI is InChI=1S/C11H21NO2S/c1-9(8-15-2)11(14)12-5-3-4-10(6-12)7-13/h9-10,13H,3-8H2,1-2H3. The highest BCUT2D eigenvalue weighted by molar-refractivity contribution is 7.98. The van der Waals surface area contributed by atoms with Gasteiger partial charge in [-0.15, -0.1) is 0 Å². The normalized spacial score (nSPS) is 23.9. The molecule has 0 radical (unpaired) electrons. The van der Waals surface area contributed by atoms with Gasteiger partial charge < -0.3 is 10.0 Å². The molecule has 0 bridgehead atoms. The Hall–Kier alpha value is -0.220. The van der Waals surface area contributed by atoms with Gasteiger partial charge in [0, 0.05) is 31.4 Å². The predicted octanol–water partition coefficient (Wildman–Crippen LogP) is 1.22. The van der Waals surface area contributed by atoms with Crippen molar-refractivity contribution in [1.82, 2.24) is 4.90 Å². The molecule has 1 saturated heterocycles. The van der Waals surface area contributed by atoms with Gasteiger partial charge in [-0.3, -0.25) is 4.79 Å². The number of carbonyl (C=O) groups is 1. The third kappa shape index (κ3) is 3.68. The Kier molecular flexibility index (Phi) is 5.47. The van der Waals surface area contributed by atoms with Crippen LogP contribution in [0.5, 0.6) is 0 Å². The lowest BCUT2D eigenvalue weighted by Gasteiger charge is -2.33. The van der Waals surface area contributed by atoms with Crippen molar-refractivity contribution in [2.45, 2.75) is 19.8 Å². The van der Waals surface area contributed by atoms with Gasteiger partial charge in [0.2, 0.25) is 5.91 Å². The SMILES string of the molecule is CSCC(C)C(=O)N1CCCC(CO)C1. The average Bonchev–Trinajstić information content (AvgIpc) is 2.28. The van der Waals surface area contributed by atoms with E-state index in [-0.39, 0.29) is 18.4 Å². The van der Waals surface area contributed by atoms with Gasteiger partial charge >= 0.3 is 0 Å². The summed E-state index contributed by atoms with van der Waals surface area (Å²) in [6.45, 7) is 3.81. The molecule has 2 unspecified atom stereocenters. The molecule has 1 heterocycles. The number of aliphatic hydroxyl groups excluding tert-OH is 1. The summed E-state index contributed by atoms with van der Waals surface area (Å²) in [6, 6.07) is 0. The van der Waals surface area contributed by atoms with Crippen LogP contribution in [0.25, 0.3) is 0 Å². The minimum absolute atomic E-state index is 0.109. The first-order valence-corrected chi connectivity index (χ1v) is 6.97. The smallest absolute Gasteiger partial charge is 0.226 e. The number of aliphatic hydroxyl groups is 1. The fourth-order valence-electron chi connectivity index (χ4n) is 2.05. The first kappa shape index (κ1) is 12.8. The molecule has 1 fully saturated rings. The van der Waals surface area contributed by atoms with E-state index in [1.807, 2.05) is 18.1 Å². The van der Waals surface area contributed by atoms with E-state index in [1.54, 1.807) is 11.8 Å². The molecule has 15 heavy (non-hydrogen) atoms. The summed E-state index contributed by atoms with van der Waals surface area (Å²) in [4.78, 5) is 13.9. The van der Waals surface area contributed by atoms with Gasteiger partial charge in [-0.05, 0) is 25.0 Å². The van der Waals surface area contributed by atoms with Gasteiger partial charge in [0.1, 0.15) is 0 Å². The number of thioether (sulfide) groups is 1. The van der Waals surface area contributed by atoms with Gasteiger partial charge in [0.05, 0.1) is 0 Å². The van der Waals surface area contributed by atoms with Gasteiger partial charge in [-0.25, -0.2) is 0 Å². The molecular weight excluding hydrogens is 210 g/mol. The molecular formula is C11H21NO2S. The van der Waals surface area contributed by atoms with Crippen molar-refractivity contribution >= 4 is 17.7 Å². The number of amides is 1. The van der Waals surface area contributed by atoms with E-state index in [9.17, 15) is 4.79 Å². The van der Waals surface area contributed by atoms with Crippen molar-refractivity contribution in [3.8, 4) is 0 Å². The zero-order valence-corrected chi connectivity index (χ0v) is 10.4. The molecule has 1 rings (SSSR count). The molecule has 0 aromatic heterocycles. The third-order valence-electron chi connectivity index (χ3n) is 2.93. The van der Waals surface area contributed by atoms with Crippen molar-refractivity contribution in [3.05, 3.63) is 0 Å². The van der Waals surface area contributed by atoms with Gasteiger partial charge in [-0.2, -0.15) is 11.8 Å². The minimum atomic E-state index is 0.109. The van der Waals surface area contributed by atoms with Crippen molar-refractivity contribution < 1.29 is 9.90 Å². The van der Waals surface area contributed by atoms with Crippen LogP contribution in [0.2, 0.25) is 0 Å². The van der Waals surface area contributed by atoms with E-state index in [4.69, 9.17) is 5.11 Å². The lowest BCUT2D eigenvalue weighted by Crippen LogP contribution is -2.43. The summed E-state index contributed by atoms with van der Waals surface area (Å²) < 4.78 is 0. The second-order valence-corrected chi connectivity index (χ2v) is 5.24. The predicted molar refractivity (Wildman–Crippen MR) is 63.9 cm³/mol. The van der Waals surface area contributed by atoms with Crippen LogP contribution < -0.4 is 0 Å². The summed E-state index contributed by atoms with van der Waals surface area (Å²) in [7, 11) is 0. The van der Waals surface area contributed by atoms with Crippen LogP contribution in [0, 0.1) is 11.8 Å². The van der Waals surface area contributed by atoms with Crippen LogP contribution in [0.4, 0.5) is 0 Å². The molecule has 0 saturated carbocycles. The number of hydrogen-bond acceptors (Lipinski definition) is 3. The van der Waals surface area contributed by atoms with E-state index in [0.29, 0.717) is 5.92 Å². The van der Waals surface area contributed by atoms with Crippen molar-refractivity contribution in [2.24, 2.45) is 11.8 Å². The fourth-order valence-corrected chi connectivity index (χ4v) is 2.69. The Balaban J connectivity index is 2.44. The molecule has 3 nitrogen and oxygen atoms in total. The molecule has 0 spiro atoms. The Morgan fingerprint density at radius 2 is 2.40 bits per heavy atom. The van der Waals surface area contributed by atoms with E-state index < -0.39 is 0 Å². The molecule has 0 aromatic carbocycles. The number of likely N-dealkylation sites (tertiary alicyclic amines) is 1. The van der Waals surface area contributed by atoms with Gasteiger partial charge in [-0.1, -0.05) is 6.92 Å². The number of hydrogen-bond donors (Lipinski definition) is 1. The monoisotopic (exact) mass is 231 g/mol. The first-order valence-electron chi connectivity index (χ1n) is 5.57. The van der Waals surface area contributed by atoms with Crippen molar-refractivity contribution in [1.29, 1.82) is 0 Å². The molecule has 1 aliphatic heterocycles. The van der Waals surface area contributed by atoms with Crippen molar-refractivity contribution in [2.75, 3.05) is 31.7 Å². The molecule has 1 aliphatic rings. The summed E-state index contributed by atoms with van der Waals surface area (Å²) in [6.07, 6.45) is 4.11. The number of rotatable bonds is 4. The summed E-state index contributed by atoms with van der Waals surface area (Å²) in [5.41, 5.74) is 0. The van der Waals surface area contributed by atoms with Crippen LogP contribution in [-0.2, 0) is 4.79 Å². The molecule has 4 heteroatoms. The Labute approximate surface area is 96.2 Å². The lowest BCUT2D eigenvalue weighted by atomic mass is 9.98. The Bertz CT molecular complexity index is 211. The van der Waals surface area contributed by atoms with Gasteiger partial charge in [0.15, 0.2) is 0 Å². The van der Waals surface area contributed by atoms with Crippen LogP contribution in [-0.4, -0.2) is 47.6 Å². The molecule has 0 aromatic rings. The number of nitrogens with zero attached hydrogens (tertiary/aromatic N) is 1. The maximum Gasteiger partial charge on any atom is 0.226 e. The second kappa shape index (κ2) is 6.38. The summed E-state index contributed by atoms with van der Waals surface area (Å²) in [5, 5.41) is 9.09. The van der Waals surface area contributed by atoms with Crippen LogP contribution >= 0.6 is 11.8 Å². The second-order valence-electron chi connectivity index (χ2n) is 4.33. The largest absolute Gasteiger partial charge is 0.396 e. The maximum atomic E-state index is 12.0. The highest BCUT2D eigenvalue weighted by Crippen LogP contribution is 2.18. The zero-order chi connectivity index (χ0) is 11.3. The van der Waals surface area contributed by atoms with E-state index in [1.165, 1.54) is 0 Å². The number of carbonyl (C=O) groups excluding carboxylic acids is 1. The quantitative estimate of drug-likeness (QED) is 0.791. The highest BCUT2D eigenvalue weighted by atomic mass is 32.2. The van der Waals surface area contributed by atoms with Crippen LogP contribution in [0.1, 0.15) is 19.8 Å². The fraction of sp³-hybridized carbons (Fsp3) is 0.909. The first-order chi connectivity index (χ1) is 7.19. The van der Waals surface area contributed by atoms with Crippen LogP contribution in [0.3, 0.4) is 0 Å². The Morgan fingerprint density at radius 3 is 3.00 bits per heavy atom. The zero-order valence-electron chi connectivity index (χ0n) is 9.61. The molecule has 0 aliphatic carbocycles. The molecule has 88 valence electrons. The van der Waals surface area contributed by atoms with E-state index in [0.717, 1.165) is 31.7 Å². The summed E-state index contributed by atoms with van der Waals surface area (Å²) in [5.74, 6) is 1.54. The maximum absolute atomic E-state index is 12.0. The Morgan fingerprint density at radius 1 is 1.67 bits per heavy atom. The summed E-state index contributed by atoms with van der Waals surface area (Å²) >= 11 is 1.71. The topological polar surface area (TPSA) is 40.5 Å². The third-order valence-corrected chi connectivity index (χ3v) is 3.76.